The van der Waals surface area contributed by atoms with Crippen molar-refractivity contribution in [3.05, 3.63) is 70.8 Å². The molecule has 2 rings (SSSR count). The second-order valence-corrected chi connectivity index (χ2v) is 7.10. The summed E-state index contributed by atoms with van der Waals surface area (Å²) < 4.78 is 10.7. The maximum Gasteiger partial charge on any atom is 0.338 e. The summed E-state index contributed by atoms with van der Waals surface area (Å²) in [7, 11) is 0. The fraction of sp³-hybridized carbons (Fsp3) is 0.348. The van der Waals surface area contributed by atoms with Crippen LogP contribution in [0.4, 0.5) is 0 Å². The van der Waals surface area contributed by atoms with Crippen LogP contribution in [0.1, 0.15) is 65.6 Å². The summed E-state index contributed by atoms with van der Waals surface area (Å²) >= 11 is 0. The first-order valence-corrected chi connectivity index (χ1v) is 9.54. The molecule has 0 aliphatic rings. The van der Waals surface area contributed by atoms with Crippen LogP contribution >= 0.6 is 0 Å². The number of hydrogen-bond acceptors (Lipinski definition) is 5. The molecule has 154 valence electrons. The van der Waals surface area contributed by atoms with Gasteiger partial charge >= 0.3 is 5.97 Å². The molecule has 0 aromatic heterocycles. The molecule has 6 nitrogen and oxygen atoms in total. The summed E-state index contributed by atoms with van der Waals surface area (Å²) in [6.07, 6.45) is 0.133. The van der Waals surface area contributed by atoms with Crippen molar-refractivity contribution in [2.45, 2.75) is 46.4 Å². The quantitative estimate of drug-likeness (QED) is 0.513. The maximum atomic E-state index is 12.3. The zero-order chi connectivity index (χ0) is 21.4. The second-order valence-electron chi connectivity index (χ2n) is 7.10. The number of nitrogens with one attached hydrogen (secondary N) is 1. The zero-order valence-corrected chi connectivity index (χ0v) is 17.2. The van der Waals surface area contributed by atoms with Crippen LogP contribution in [0.3, 0.4) is 0 Å². The van der Waals surface area contributed by atoms with Gasteiger partial charge in [-0.15, -0.1) is 0 Å². The largest absolute Gasteiger partial charge is 0.454 e. The van der Waals surface area contributed by atoms with Crippen LogP contribution in [0, 0.1) is 0 Å². The minimum absolute atomic E-state index is 0.120. The van der Waals surface area contributed by atoms with E-state index in [1.807, 2.05) is 20.8 Å². The number of carbonyl (C=O) groups is 3. The Hall–Kier alpha value is -2.99. The first-order chi connectivity index (χ1) is 13.8. The van der Waals surface area contributed by atoms with Gasteiger partial charge < -0.3 is 14.8 Å². The van der Waals surface area contributed by atoms with Crippen LogP contribution in [0.5, 0.6) is 0 Å². The summed E-state index contributed by atoms with van der Waals surface area (Å²) in [5.41, 5.74) is 2.67. The van der Waals surface area contributed by atoms with Crippen LogP contribution in [-0.4, -0.2) is 30.4 Å². The minimum atomic E-state index is -0.550. The van der Waals surface area contributed by atoms with Crippen LogP contribution in [0.25, 0.3) is 0 Å². The Morgan fingerprint density at radius 3 is 2.03 bits per heavy atom. The smallest absolute Gasteiger partial charge is 0.338 e. The number of Topliss-reactive ketones (excluding diaryl/α,β-unsaturated/α-hetero) is 1. The molecule has 6 heteroatoms. The highest BCUT2D eigenvalue weighted by Gasteiger charge is 2.13. The van der Waals surface area contributed by atoms with Gasteiger partial charge in [0.2, 0.25) is 5.91 Å². The standard InChI is InChI=1S/C23H27NO5/c1-15(2)28-13-18-5-7-21(8-6-18)23(27)29-14-22(26)20-11-9-19(10-12-20)16(3)24-17(4)25/h5-12,15-16H,13-14H2,1-4H3,(H,24,25)/t16-/m0/s1. The number of amides is 1. The van der Waals surface area contributed by atoms with Gasteiger partial charge in [-0.25, -0.2) is 4.79 Å². The molecule has 0 saturated carbocycles. The molecule has 0 unspecified atom stereocenters. The predicted molar refractivity (Wildman–Crippen MR) is 110 cm³/mol. The first kappa shape index (κ1) is 22.3. The van der Waals surface area contributed by atoms with Crippen molar-refractivity contribution < 1.29 is 23.9 Å². The molecule has 29 heavy (non-hydrogen) atoms. The van der Waals surface area contributed by atoms with Gasteiger partial charge in [0.15, 0.2) is 12.4 Å². The van der Waals surface area contributed by atoms with Crippen molar-refractivity contribution in [1.29, 1.82) is 0 Å². The van der Waals surface area contributed by atoms with Crippen LogP contribution in [-0.2, 0) is 20.9 Å². The number of carbonyl (C=O) groups excluding carboxylic acids is 3. The third-order valence-electron chi connectivity index (χ3n) is 4.26. The summed E-state index contributed by atoms with van der Waals surface area (Å²) in [5.74, 6) is -0.963. The number of esters is 1. The Balaban J connectivity index is 1.88. The average Bonchev–Trinajstić information content (AvgIpc) is 2.70. The normalized spacial score (nSPS) is 11.8. The van der Waals surface area contributed by atoms with Gasteiger partial charge in [-0.05, 0) is 44.0 Å². The molecule has 1 amide bonds. The topological polar surface area (TPSA) is 81.7 Å². The Morgan fingerprint density at radius 1 is 0.897 bits per heavy atom. The molecule has 0 saturated heterocycles. The SMILES string of the molecule is CC(=O)N[C@@H](C)c1ccc(C(=O)COC(=O)c2ccc(COC(C)C)cc2)cc1. The lowest BCUT2D eigenvalue weighted by Crippen LogP contribution is -2.23. The number of ether oxygens (including phenoxy) is 2. The minimum Gasteiger partial charge on any atom is -0.454 e. The fourth-order valence-corrected chi connectivity index (χ4v) is 2.64. The Labute approximate surface area is 171 Å². The van der Waals surface area contributed by atoms with E-state index in [-0.39, 0.29) is 30.4 Å². The van der Waals surface area contributed by atoms with E-state index in [0.717, 1.165) is 11.1 Å². The monoisotopic (exact) mass is 397 g/mol. The van der Waals surface area contributed by atoms with Gasteiger partial charge in [0, 0.05) is 12.5 Å². The van der Waals surface area contributed by atoms with Crippen molar-refractivity contribution in [3.8, 4) is 0 Å². The molecule has 2 aromatic carbocycles. The van der Waals surface area contributed by atoms with E-state index in [1.165, 1.54) is 6.92 Å². The van der Waals surface area contributed by atoms with Crippen LogP contribution in [0.2, 0.25) is 0 Å². The molecular weight excluding hydrogens is 370 g/mol. The van der Waals surface area contributed by atoms with E-state index >= 15 is 0 Å². The van der Waals surface area contributed by atoms with E-state index < -0.39 is 5.97 Å². The summed E-state index contributed by atoms with van der Waals surface area (Å²) in [6, 6.07) is 13.6. The highest BCUT2D eigenvalue weighted by molar-refractivity contribution is 5.99. The second kappa shape index (κ2) is 10.5. The van der Waals surface area contributed by atoms with Gasteiger partial charge in [-0.2, -0.15) is 0 Å². The lowest BCUT2D eigenvalue weighted by atomic mass is 10.0. The van der Waals surface area contributed by atoms with Gasteiger partial charge in [0.25, 0.3) is 0 Å². The predicted octanol–water partition coefficient (Wildman–Crippen LogP) is 3.85. The molecule has 0 bridgehead atoms. The number of rotatable bonds is 9. The highest BCUT2D eigenvalue weighted by Crippen LogP contribution is 2.14. The van der Waals surface area contributed by atoms with Gasteiger partial charge in [-0.3, -0.25) is 9.59 Å². The summed E-state index contributed by atoms with van der Waals surface area (Å²) in [5, 5.41) is 2.78. The molecule has 1 N–H and O–H groups in total. The van der Waals surface area contributed by atoms with Gasteiger partial charge in [0.05, 0.1) is 24.3 Å². The van der Waals surface area contributed by atoms with Crippen LogP contribution in [0.15, 0.2) is 48.5 Å². The van der Waals surface area contributed by atoms with E-state index in [4.69, 9.17) is 9.47 Å². The highest BCUT2D eigenvalue weighted by atomic mass is 16.5. The number of ketones is 1. The molecule has 0 fully saturated rings. The number of benzene rings is 2. The lowest BCUT2D eigenvalue weighted by molar-refractivity contribution is -0.119. The maximum absolute atomic E-state index is 12.3. The molecule has 0 aliphatic heterocycles. The number of hydrogen-bond donors (Lipinski definition) is 1. The Bertz CT molecular complexity index is 841. The lowest BCUT2D eigenvalue weighted by Gasteiger charge is -2.13. The van der Waals surface area contributed by atoms with Crippen molar-refractivity contribution in [1.82, 2.24) is 5.32 Å². The molecule has 0 spiro atoms. The van der Waals surface area contributed by atoms with Crippen molar-refractivity contribution in [3.63, 3.8) is 0 Å². The van der Waals surface area contributed by atoms with Gasteiger partial charge in [0.1, 0.15) is 0 Å². The van der Waals surface area contributed by atoms with Gasteiger partial charge in [-0.1, -0.05) is 36.4 Å². The molecule has 0 radical (unpaired) electrons. The van der Waals surface area contributed by atoms with Crippen LogP contribution < -0.4 is 5.32 Å². The third-order valence-corrected chi connectivity index (χ3v) is 4.26. The Kier molecular flexibility index (Phi) is 8.09. The van der Waals surface area contributed by atoms with Crippen molar-refractivity contribution in [2.24, 2.45) is 0 Å². The van der Waals surface area contributed by atoms with Crippen molar-refractivity contribution >= 4 is 17.7 Å². The van der Waals surface area contributed by atoms with E-state index in [9.17, 15) is 14.4 Å². The average molecular weight is 397 g/mol. The van der Waals surface area contributed by atoms with Crippen molar-refractivity contribution in [2.75, 3.05) is 6.61 Å². The van der Waals surface area contributed by atoms with E-state index in [0.29, 0.717) is 17.7 Å². The summed E-state index contributed by atoms with van der Waals surface area (Å²) in [4.78, 5) is 35.6. The summed E-state index contributed by atoms with van der Waals surface area (Å²) in [6.45, 7) is 7.37. The molecule has 0 heterocycles. The zero-order valence-electron chi connectivity index (χ0n) is 17.2. The van der Waals surface area contributed by atoms with E-state index in [2.05, 4.69) is 5.32 Å². The Morgan fingerprint density at radius 2 is 1.48 bits per heavy atom. The first-order valence-electron chi connectivity index (χ1n) is 9.54. The molecule has 2 aromatic rings. The van der Waals surface area contributed by atoms with E-state index in [1.54, 1.807) is 48.5 Å². The third kappa shape index (κ3) is 7.16. The fourth-order valence-electron chi connectivity index (χ4n) is 2.64. The molecular formula is C23H27NO5. The molecule has 0 aliphatic carbocycles. The molecule has 1 atom stereocenters.